The zero-order valence-corrected chi connectivity index (χ0v) is 35.9. The van der Waals surface area contributed by atoms with Gasteiger partial charge in [-0.2, -0.15) is 13.2 Å². The number of likely N-dealkylation sites (tertiary alicyclic amines) is 1. The van der Waals surface area contributed by atoms with Gasteiger partial charge in [-0.25, -0.2) is 0 Å². The minimum atomic E-state index is -4.94. The number of carbonyl (C=O) groups is 7. The molecule has 336 valence electrons. The number of ether oxygens (including phenoxy) is 3. The van der Waals surface area contributed by atoms with Crippen LogP contribution in [0.25, 0.3) is 0 Å². The summed E-state index contributed by atoms with van der Waals surface area (Å²) in [4.78, 5) is 101. The molecule has 63 heavy (non-hydrogen) atoms. The van der Waals surface area contributed by atoms with Crippen LogP contribution in [0.1, 0.15) is 59.4 Å². The molecule has 0 aromatic heterocycles. The predicted octanol–water partition coefficient (Wildman–Crippen LogP) is 5.01. The topological polar surface area (TPSA) is 172 Å². The third kappa shape index (κ3) is 10.2. The third-order valence-electron chi connectivity index (χ3n) is 11.1. The molecule has 15 nitrogen and oxygen atoms in total. The van der Waals surface area contributed by atoms with Crippen LogP contribution in [-0.2, 0) is 39.6 Å². The van der Waals surface area contributed by atoms with Crippen LogP contribution in [0.2, 0.25) is 10.0 Å². The maximum Gasteiger partial charge on any atom is 0.417 e. The Hall–Kier alpha value is -5.88. The van der Waals surface area contributed by atoms with Gasteiger partial charge in [-0.3, -0.25) is 33.6 Å². The van der Waals surface area contributed by atoms with E-state index in [2.05, 4.69) is 5.32 Å². The zero-order chi connectivity index (χ0) is 45.8. The lowest BCUT2D eigenvalue weighted by molar-refractivity contribution is -0.188. The largest absolute Gasteiger partial charge is 0.491 e. The van der Waals surface area contributed by atoms with Crippen molar-refractivity contribution in [3.8, 4) is 5.75 Å². The van der Waals surface area contributed by atoms with Crippen LogP contribution in [0.3, 0.4) is 0 Å². The van der Waals surface area contributed by atoms with Crippen LogP contribution in [0.4, 0.5) is 18.9 Å². The summed E-state index contributed by atoms with van der Waals surface area (Å²) in [6, 6.07) is 12.2. The van der Waals surface area contributed by atoms with Crippen molar-refractivity contribution in [1.29, 1.82) is 0 Å². The van der Waals surface area contributed by atoms with Crippen LogP contribution < -0.4 is 15.0 Å². The predicted molar refractivity (Wildman–Crippen MR) is 221 cm³/mol. The van der Waals surface area contributed by atoms with Gasteiger partial charge in [0, 0.05) is 61.0 Å². The van der Waals surface area contributed by atoms with Crippen LogP contribution in [0.5, 0.6) is 5.75 Å². The van der Waals surface area contributed by atoms with Gasteiger partial charge in [-0.1, -0.05) is 29.3 Å². The molecule has 2 saturated heterocycles. The van der Waals surface area contributed by atoms with E-state index in [-0.39, 0.29) is 49.6 Å². The minimum Gasteiger partial charge on any atom is -0.491 e. The van der Waals surface area contributed by atoms with Crippen molar-refractivity contribution in [1.82, 2.24) is 20.0 Å². The summed E-state index contributed by atoms with van der Waals surface area (Å²) in [5.41, 5.74) is -3.04. The summed E-state index contributed by atoms with van der Waals surface area (Å²) in [7, 11) is 1.32. The van der Waals surface area contributed by atoms with E-state index in [1.54, 1.807) is 32.0 Å². The smallest absolute Gasteiger partial charge is 0.417 e. The van der Waals surface area contributed by atoms with Gasteiger partial charge < -0.3 is 39.1 Å². The summed E-state index contributed by atoms with van der Waals surface area (Å²) < 4.78 is 58.8. The van der Waals surface area contributed by atoms with Crippen molar-refractivity contribution < 1.29 is 60.9 Å². The van der Waals surface area contributed by atoms with Gasteiger partial charge in [0.05, 0.1) is 29.8 Å². The number of nitrogens with one attached hydrogen (secondary N) is 1. The molecule has 0 radical (unpaired) electrons. The molecule has 4 aliphatic rings. The minimum absolute atomic E-state index is 0.0562. The Morgan fingerprint density at radius 1 is 0.905 bits per heavy atom. The molecule has 0 saturated carbocycles. The Morgan fingerprint density at radius 2 is 1.57 bits per heavy atom. The number of esters is 2. The lowest BCUT2D eigenvalue weighted by Gasteiger charge is -2.47. The number of alkyl halides is 3. The highest BCUT2D eigenvalue weighted by Crippen LogP contribution is 2.38. The number of halogens is 5. The molecule has 20 heteroatoms. The van der Waals surface area contributed by atoms with E-state index in [0.717, 1.165) is 26.8 Å². The molecule has 2 fully saturated rings. The van der Waals surface area contributed by atoms with Gasteiger partial charge in [0.25, 0.3) is 11.8 Å². The van der Waals surface area contributed by atoms with E-state index in [0.29, 0.717) is 16.8 Å². The van der Waals surface area contributed by atoms with E-state index in [1.165, 1.54) is 42.3 Å². The molecular weight excluding hydrogens is 874 g/mol. The molecule has 3 atom stereocenters. The number of benzene rings is 3. The molecule has 0 unspecified atom stereocenters. The Morgan fingerprint density at radius 3 is 2.19 bits per heavy atom. The van der Waals surface area contributed by atoms with Crippen molar-refractivity contribution in [2.45, 2.75) is 57.4 Å². The second-order valence-corrected chi connectivity index (χ2v) is 16.1. The maximum absolute atomic E-state index is 14.4. The van der Waals surface area contributed by atoms with Crippen molar-refractivity contribution in [2.24, 2.45) is 5.41 Å². The van der Waals surface area contributed by atoms with Gasteiger partial charge in [0.1, 0.15) is 24.9 Å². The molecular formula is C43H44Cl2F3N5O10. The number of likely N-dealkylation sites (N-methyl/N-ethyl adjacent to an activating group) is 1. The fourth-order valence-electron chi connectivity index (χ4n) is 7.79. The molecule has 0 aliphatic carbocycles. The van der Waals surface area contributed by atoms with Crippen molar-refractivity contribution in [2.75, 3.05) is 57.9 Å². The van der Waals surface area contributed by atoms with Gasteiger partial charge in [0.15, 0.2) is 5.41 Å². The molecule has 1 N–H and O–H groups in total. The van der Waals surface area contributed by atoms with Crippen LogP contribution in [-0.4, -0.2) is 127 Å². The molecule has 0 spiro atoms. The van der Waals surface area contributed by atoms with Gasteiger partial charge >= 0.3 is 18.1 Å². The number of fused-ring (bicyclic) bond motifs is 11. The third-order valence-corrected chi connectivity index (χ3v) is 11.7. The average molecular weight is 919 g/mol. The van der Waals surface area contributed by atoms with Crippen molar-refractivity contribution in [3.63, 3.8) is 0 Å². The highest BCUT2D eigenvalue weighted by molar-refractivity contribution is 6.31. The normalized spacial score (nSPS) is 20.6. The summed E-state index contributed by atoms with van der Waals surface area (Å²) in [6.07, 6.45) is -5.73. The number of carbonyl (C=O) groups excluding carboxylic acids is 7. The Bertz CT molecular complexity index is 2250. The van der Waals surface area contributed by atoms with E-state index >= 15 is 0 Å². The van der Waals surface area contributed by atoms with Gasteiger partial charge in [0.2, 0.25) is 17.7 Å². The molecule has 3 aromatic carbocycles. The summed E-state index contributed by atoms with van der Waals surface area (Å²) in [6.45, 7) is 1.12. The van der Waals surface area contributed by atoms with E-state index in [9.17, 15) is 46.7 Å². The number of anilines is 1. The molecule has 4 heterocycles. The number of hydrogen-bond donors (Lipinski definition) is 1. The summed E-state index contributed by atoms with van der Waals surface area (Å²) in [5.74, 6) is -4.96. The van der Waals surface area contributed by atoms with Crippen molar-refractivity contribution in [3.05, 3.63) is 93.5 Å². The molecule has 4 aliphatic heterocycles. The molecule has 7 rings (SSSR count). The second-order valence-electron chi connectivity index (χ2n) is 15.3. The standard InChI is InChI=1S/C43H44Cl2F3N5O10/c1-4-61-40(59)42(41(60)62-5-2)23-51(24-42)39(58)34-15-16-35(54)53(29-11-14-33(45)32(19-29)43(46,47)48)21-36(55)52-20-28(49-37(56)26-7-6-8-27(44)17-26)18-30(52)22-63-31-12-9-25(10-13-31)38(57)50(34)3/h6-14,17,19,28,30,34H,4-5,15-16,18,20-24H2,1-3H3,(H,49,56)/t28-,30+,34+/m1/s1. The quantitative estimate of drug-likeness (QED) is 0.239. The highest BCUT2D eigenvalue weighted by Gasteiger charge is 2.60. The summed E-state index contributed by atoms with van der Waals surface area (Å²) in [5, 5.41) is 2.57. The van der Waals surface area contributed by atoms with E-state index in [4.69, 9.17) is 37.4 Å². The first-order valence-corrected chi connectivity index (χ1v) is 20.8. The van der Waals surface area contributed by atoms with Crippen LogP contribution in [0.15, 0.2) is 66.7 Å². The second kappa shape index (κ2) is 19.2. The zero-order valence-electron chi connectivity index (χ0n) is 34.4. The average Bonchev–Trinajstić information content (AvgIpc) is 3.63. The Labute approximate surface area is 370 Å². The highest BCUT2D eigenvalue weighted by atomic mass is 35.5. The maximum atomic E-state index is 14.4. The lowest BCUT2D eigenvalue weighted by atomic mass is 9.79. The van der Waals surface area contributed by atoms with Crippen molar-refractivity contribution >= 4 is 70.4 Å². The Balaban J connectivity index is 1.34. The van der Waals surface area contributed by atoms with E-state index in [1.807, 2.05) is 0 Å². The first-order chi connectivity index (χ1) is 29.9. The van der Waals surface area contributed by atoms with Gasteiger partial charge in [-0.15, -0.1) is 0 Å². The SMILES string of the molecule is CCOC(=O)C1(C(=O)OCC)CN(C(=O)[C@@H]2CCC(=O)N(c3ccc(Cl)c(C(F)(F)F)c3)CC(=O)N3C[C@H](NC(=O)c4cccc(Cl)c4)C[C@H]3COc3ccc(cc3)C(=O)N2C)C1. The first-order valence-electron chi connectivity index (χ1n) is 20.0. The first kappa shape index (κ1) is 46.6. The Kier molecular flexibility index (Phi) is 14.2. The lowest BCUT2D eigenvalue weighted by Crippen LogP contribution is -2.69. The number of hydrogen-bond acceptors (Lipinski definition) is 10. The molecule has 2 bridgehead atoms. The molecule has 3 aromatic rings. The number of nitrogens with zero attached hydrogens (tertiary/aromatic N) is 4. The fourth-order valence-corrected chi connectivity index (χ4v) is 8.21. The fraction of sp³-hybridized carbons (Fsp3) is 0.419. The van der Waals surface area contributed by atoms with Gasteiger partial charge in [-0.05, 0) is 87.4 Å². The monoisotopic (exact) mass is 917 g/mol. The van der Waals surface area contributed by atoms with Crippen LogP contribution in [0, 0.1) is 5.41 Å². The van der Waals surface area contributed by atoms with Crippen LogP contribution >= 0.6 is 23.2 Å². The summed E-state index contributed by atoms with van der Waals surface area (Å²) >= 11 is 12.0. The number of amides is 5. The van der Waals surface area contributed by atoms with E-state index < -0.39 is 114 Å². The molecule has 5 amide bonds. The number of rotatable bonds is 8.